The molecule has 0 radical (unpaired) electrons. The van der Waals surface area contributed by atoms with E-state index in [9.17, 15) is 47.7 Å². The molecule has 1 fully saturated rings. The molecule has 1 saturated heterocycles. The first-order valence-electron chi connectivity index (χ1n) is 15.1. The van der Waals surface area contributed by atoms with Crippen LogP contribution in [-0.2, 0) is 34.1 Å². The zero-order valence-electron chi connectivity index (χ0n) is 26.4. The van der Waals surface area contributed by atoms with E-state index in [2.05, 4.69) is 5.32 Å². The van der Waals surface area contributed by atoms with Crippen molar-refractivity contribution in [2.24, 2.45) is 0 Å². The second kappa shape index (κ2) is 21.1. The summed E-state index contributed by atoms with van der Waals surface area (Å²) in [6.07, 6.45) is 2.15. The van der Waals surface area contributed by atoms with Crippen LogP contribution in [0.2, 0.25) is 0 Å². The molecule has 1 heterocycles. The van der Waals surface area contributed by atoms with Crippen molar-refractivity contribution in [2.75, 3.05) is 104 Å². The molecule has 260 valence electrons. The maximum absolute atomic E-state index is 13.0. The molecule has 18 heteroatoms. The fraction of sp³-hybridized carbons (Fsp3) is 0.815. The Labute approximate surface area is 264 Å². The summed E-state index contributed by atoms with van der Waals surface area (Å²) in [7, 11) is -2.08. The number of Topliss-reactive ketones (excluding diaryl/α,β-unsaturated/α-hetero) is 1. The zero-order chi connectivity index (χ0) is 34.0. The number of unbranched alkanes of at least 4 members (excludes halogenated alkanes) is 1. The minimum atomic E-state index is -3.99. The molecule has 1 rings (SSSR count). The summed E-state index contributed by atoms with van der Waals surface area (Å²) in [4.78, 5) is 67.5. The van der Waals surface area contributed by atoms with Gasteiger partial charge in [-0.2, -0.15) is 8.42 Å². The van der Waals surface area contributed by atoms with Gasteiger partial charge in [0.2, 0.25) is 5.91 Å². The van der Waals surface area contributed by atoms with Crippen LogP contribution in [0.3, 0.4) is 0 Å². The van der Waals surface area contributed by atoms with Gasteiger partial charge >= 0.3 is 17.9 Å². The lowest BCUT2D eigenvalue weighted by molar-refractivity contribution is -0.879. The molecule has 0 saturated carbocycles. The fourth-order valence-corrected chi connectivity index (χ4v) is 5.57. The number of hydrogen-bond acceptors (Lipinski definition) is 11. The smallest absolute Gasteiger partial charge is 0.317 e. The van der Waals surface area contributed by atoms with Gasteiger partial charge in [-0.05, 0) is 26.2 Å². The van der Waals surface area contributed by atoms with Crippen LogP contribution in [0.15, 0.2) is 0 Å². The number of nitrogens with zero attached hydrogens (tertiary/aromatic N) is 4. The summed E-state index contributed by atoms with van der Waals surface area (Å²) < 4.78 is 30.6. The van der Waals surface area contributed by atoms with Gasteiger partial charge in [0.15, 0.2) is 5.78 Å². The Hall–Kier alpha value is -2.74. The first kappa shape index (κ1) is 40.3. The molecule has 0 spiro atoms. The lowest BCUT2D eigenvalue weighted by Gasteiger charge is -2.33. The highest BCUT2D eigenvalue weighted by atomic mass is 32.2. The summed E-state index contributed by atoms with van der Waals surface area (Å²) in [6.45, 7) is 4.00. The molecule has 0 bridgehead atoms. The van der Waals surface area contributed by atoms with Crippen molar-refractivity contribution in [3.05, 3.63) is 0 Å². The van der Waals surface area contributed by atoms with Crippen molar-refractivity contribution in [1.29, 1.82) is 0 Å². The number of quaternary nitrogens is 1. The number of carbonyl (C=O) groups is 5. The quantitative estimate of drug-likeness (QED) is 0.0580. The molecule has 0 aliphatic carbocycles. The highest BCUT2D eigenvalue weighted by Gasteiger charge is 2.23. The number of carboxylic acids is 3. The second-order valence-corrected chi connectivity index (χ2v) is 13.2. The van der Waals surface area contributed by atoms with Crippen LogP contribution in [0, 0.1) is 0 Å². The van der Waals surface area contributed by atoms with E-state index in [0.717, 1.165) is 17.9 Å². The van der Waals surface area contributed by atoms with Crippen LogP contribution >= 0.6 is 0 Å². The van der Waals surface area contributed by atoms with E-state index in [-0.39, 0.29) is 90.1 Å². The molecule has 1 unspecified atom stereocenters. The average molecular weight is 668 g/mol. The number of ketones is 1. The largest absolute Gasteiger partial charge is 0.480 e. The molecule has 0 aromatic carbocycles. The Morgan fingerprint density at radius 3 is 1.42 bits per heavy atom. The summed E-state index contributed by atoms with van der Waals surface area (Å²) in [5.41, 5.74) is 0. The number of hydrogen-bond donors (Lipinski definition) is 6. The van der Waals surface area contributed by atoms with Crippen LogP contribution in [0.1, 0.15) is 32.6 Å². The molecule has 1 aliphatic heterocycles. The normalized spacial score (nSPS) is 18.3. The zero-order valence-corrected chi connectivity index (χ0v) is 27.2. The molecule has 2 atom stereocenters. The maximum atomic E-state index is 13.0. The minimum absolute atomic E-state index is 0.0859. The van der Waals surface area contributed by atoms with Gasteiger partial charge in [0.05, 0.1) is 58.1 Å². The number of amides is 1. The Morgan fingerprint density at radius 2 is 1.07 bits per heavy atom. The van der Waals surface area contributed by atoms with Crippen molar-refractivity contribution in [1.82, 2.24) is 24.9 Å². The molecule has 45 heavy (non-hydrogen) atoms. The summed E-state index contributed by atoms with van der Waals surface area (Å²) >= 11 is 0. The molecular weight excluding hydrogens is 616 g/mol. The van der Waals surface area contributed by atoms with E-state index < -0.39 is 40.0 Å². The van der Waals surface area contributed by atoms with E-state index in [1.165, 1.54) is 6.92 Å². The Morgan fingerprint density at radius 1 is 0.689 bits per heavy atom. The van der Waals surface area contributed by atoms with Crippen molar-refractivity contribution < 1.29 is 57.2 Å². The maximum Gasteiger partial charge on any atom is 0.317 e. The highest BCUT2D eigenvalue weighted by molar-refractivity contribution is 7.85. The van der Waals surface area contributed by atoms with Gasteiger partial charge in [0.25, 0.3) is 10.1 Å². The first-order chi connectivity index (χ1) is 21.0. The van der Waals surface area contributed by atoms with Gasteiger partial charge < -0.3 is 25.5 Å². The number of aliphatic carboxylic acids is 3. The lowest BCUT2D eigenvalue weighted by atomic mass is 10.1. The lowest BCUT2D eigenvalue weighted by Crippen LogP contribution is -3.09. The third-order valence-electron chi connectivity index (χ3n) is 7.55. The average Bonchev–Trinajstić information content (AvgIpc) is 2.90. The second-order valence-electron chi connectivity index (χ2n) is 11.6. The third kappa shape index (κ3) is 20.8. The van der Waals surface area contributed by atoms with E-state index in [1.807, 2.05) is 7.05 Å². The summed E-state index contributed by atoms with van der Waals surface area (Å²) in [6, 6.07) is -0.697. The SMILES string of the molecule is CC(=O)[C@H](CCCC[NH+](C)CCCS(=O)(=O)O)NC(=O)CN1CCN(CC(=O)O)CCN(CC(=O)O)CCN(CC(=O)O)CC1. The van der Waals surface area contributed by atoms with E-state index >= 15 is 0 Å². The fourth-order valence-electron chi connectivity index (χ4n) is 5.06. The third-order valence-corrected chi connectivity index (χ3v) is 8.36. The van der Waals surface area contributed by atoms with E-state index in [0.29, 0.717) is 25.8 Å². The van der Waals surface area contributed by atoms with Crippen molar-refractivity contribution >= 4 is 39.7 Å². The molecule has 17 nitrogen and oxygen atoms in total. The van der Waals surface area contributed by atoms with Crippen LogP contribution < -0.4 is 10.2 Å². The van der Waals surface area contributed by atoms with Crippen LogP contribution in [-0.4, -0.2) is 188 Å². The number of carboxylic acid groups (broad SMARTS) is 3. The van der Waals surface area contributed by atoms with Crippen molar-refractivity contribution in [3.8, 4) is 0 Å². The van der Waals surface area contributed by atoms with Crippen LogP contribution in [0.5, 0.6) is 0 Å². The molecular formula is C27H51N6O11S+. The molecule has 0 aromatic heterocycles. The minimum Gasteiger partial charge on any atom is -0.480 e. The van der Waals surface area contributed by atoms with E-state index in [1.54, 1.807) is 19.6 Å². The molecule has 1 aliphatic rings. The van der Waals surface area contributed by atoms with Gasteiger partial charge in [0, 0.05) is 58.8 Å². The number of nitrogens with one attached hydrogen (secondary N) is 2. The Kier molecular flexibility index (Phi) is 18.9. The first-order valence-corrected chi connectivity index (χ1v) is 16.8. The van der Waals surface area contributed by atoms with Gasteiger partial charge in [-0.1, -0.05) is 0 Å². The number of rotatable bonds is 19. The Balaban J connectivity index is 2.80. The van der Waals surface area contributed by atoms with Gasteiger partial charge in [-0.3, -0.25) is 48.1 Å². The van der Waals surface area contributed by atoms with Gasteiger partial charge in [-0.15, -0.1) is 0 Å². The van der Waals surface area contributed by atoms with Gasteiger partial charge in [0.1, 0.15) is 0 Å². The summed E-state index contributed by atoms with van der Waals surface area (Å²) in [5.74, 6) is -4.01. The van der Waals surface area contributed by atoms with Crippen LogP contribution in [0.25, 0.3) is 0 Å². The van der Waals surface area contributed by atoms with Crippen molar-refractivity contribution in [3.63, 3.8) is 0 Å². The summed E-state index contributed by atoms with van der Waals surface area (Å²) in [5, 5.41) is 30.8. The standard InChI is InChI=1S/C27H50N6O11S/c1-22(34)23(6-3-4-7-29(2)8-5-17-45(42,43)44)28-24(35)18-30-9-11-31(19-25(36)37)13-15-33(21-27(40)41)16-14-32(12-10-30)20-26(38)39/h23H,3-21H2,1-2H3,(H,28,35)(H,36,37)(H,38,39)(H,40,41)(H,42,43,44)/p+1/t23-/m0/s1. The van der Waals surface area contributed by atoms with Gasteiger partial charge in [-0.25, -0.2) is 0 Å². The van der Waals surface area contributed by atoms with Crippen molar-refractivity contribution in [2.45, 2.75) is 38.6 Å². The predicted octanol–water partition coefficient (Wildman–Crippen LogP) is -3.50. The van der Waals surface area contributed by atoms with E-state index in [4.69, 9.17) is 4.55 Å². The topological polar surface area (TPSA) is 230 Å². The molecule has 0 aromatic rings. The Bertz CT molecular complexity index is 1050. The molecule has 1 amide bonds. The monoisotopic (exact) mass is 667 g/mol. The number of carbonyl (C=O) groups excluding carboxylic acids is 2. The predicted molar refractivity (Wildman–Crippen MR) is 163 cm³/mol. The highest BCUT2D eigenvalue weighted by Crippen LogP contribution is 2.04. The molecule has 6 N–H and O–H groups in total. The van der Waals surface area contributed by atoms with Crippen LogP contribution in [0.4, 0.5) is 0 Å².